The monoisotopic (exact) mass is 296 g/mol. The van der Waals surface area contributed by atoms with Gasteiger partial charge >= 0.3 is 0 Å². The van der Waals surface area contributed by atoms with Crippen LogP contribution < -0.4 is 0 Å². The topological polar surface area (TPSA) is 60.7 Å². The van der Waals surface area contributed by atoms with E-state index in [1.54, 1.807) is 6.07 Å². The SMILES string of the molecule is OCc1ccc2c(c1CO)Cc1ccc(O)cc1C1CCC21. The first-order valence-electron chi connectivity index (χ1n) is 7.90. The Hall–Kier alpha value is -1.84. The number of aromatic hydroxyl groups is 1. The molecule has 0 aliphatic heterocycles. The highest BCUT2D eigenvalue weighted by molar-refractivity contribution is 5.53. The lowest BCUT2D eigenvalue weighted by Gasteiger charge is -2.37. The lowest BCUT2D eigenvalue weighted by Crippen LogP contribution is -2.22. The first kappa shape index (κ1) is 13.8. The number of rotatable bonds is 2. The van der Waals surface area contributed by atoms with E-state index in [1.807, 2.05) is 18.2 Å². The summed E-state index contributed by atoms with van der Waals surface area (Å²) in [6.45, 7) is -0.0798. The molecule has 0 amide bonds. The van der Waals surface area contributed by atoms with Crippen LogP contribution in [0.2, 0.25) is 0 Å². The minimum absolute atomic E-state index is 0.0378. The third-order valence-electron chi connectivity index (χ3n) is 5.46. The van der Waals surface area contributed by atoms with Crippen molar-refractivity contribution in [3.8, 4) is 5.75 Å². The van der Waals surface area contributed by atoms with Crippen molar-refractivity contribution < 1.29 is 15.3 Å². The molecular weight excluding hydrogens is 276 g/mol. The molecule has 0 bridgehead atoms. The van der Waals surface area contributed by atoms with Gasteiger partial charge in [-0.3, -0.25) is 0 Å². The van der Waals surface area contributed by atoms with Gasteiger partial charge in [0, 0.05) is 0 Å². The molecule has 0 spiro atoms. The molecule has 2 unspecified atom stereocenters. The molecule has 3 heteroatoms. The third-order valence-corrected chi connectivity index (χ3v) is 5.46. The number of aliphatic hydroxyl groups excluding tert-OH is 2. The lowest BCUT2D eigenvalue weighted by atomic mass is 9.66. The van der Waals surface area contributed by atoms with Crippen molar-refractivity contribution in [2.24, 2.45) is 0 Å². The van der Waals surface area contributed by atoms with Gasteiger partial charge in [0.15, 0.2) is 0 Å². The van der Waals surface area contributed by atoms with Crippen molar-refractivity contribution in [3.63, 3.8) is 0 Å². The summed E-state index contributed by atoms with van der Waals surface area (Å²) in [5.74, 6) is 1.26. The first-order valence-corrected chi connectivity index (χ1v) is 7.90. The van der Waals surface area contributed by atoms with Crippen molar-refractivity contribution in [2.75, 3.05) is 0 Å². The Labute approximate surface area is 129 Å². The summed E-state index contributed by atoms with van der Waals surface area (Å²) >= 11 is 0. The number of benzene rings is 2. The number of hydrogen-bond donors (Lipinski definition) is 3. The van der Waals surface area contributed by atoms with Crippen molar-refractivity contribution in [2.45, 2.75) is 44.3 Å². The second kappa shape index (κ2) is 5.11. The van der Waals surface area contributed by atoms with E-state index in [-0.39, 0.29) is 13.2 Å². The molecule has 3 N–H and O–H groups in total. The molecule has 22 heavy (non-hydrogen) atoms. The molecule has 0 aromatic heterocycles. The van der Waals surface area contributed by atoms with Gasteiger partial charge in [0.1, 0.15) is 5.75 Å². The first-order chi connectivity index (χ1) is 10.7. The maximum atomic E-state index is 9.84. The number of fused-ring (bicyclic) bond motifs is 5. The molecule has 2 aliphatic rings. The van der Waals surface area contributed by atoms with E-state index >= 15 is 0 Å². The largest absolute Gasteiger partial charge is 0.508 e. The maximum absolute atomic E-state index is 9.84. The predicted octanol–water partition coefficient (Wildman–Crippen LogP) is 2.94. The van der Waals surface area contributed by atoms with Crippen LogP contribution in [0.25, 0.3) is 0 Å². The summed E-state index contributed by atoms with van der Waals surface area (Å²) in [5, 5.41) is 29.2. The quantitative estimate of drug-likeness (QED) is 0.798. The van der Waals surface area contributed by atoms with Gasteiger partial charge in [0.25, 0.3) is 0 Å². The van der Waals surface area contributed by atoms with Crippen LogP contribution in [-0.4, -0.2) is 15.3 Å². The van der Waals surface area contributed by atoms with Crippen LogP contribution in [0.5, 0.6) is 5.75 Å². The fourth-order valence-electron chi connectivity index (χ4n) is 4.18. The smallest absolute Gasteiger partial charge is 0.115 e. The highest BCUT2D eigenvalue weighted by Gasteiger charge is 2.38. The Morgan fingerprint density at radius 2 is 1.68 bits per heavy atom. The molecule has 2 aromatic rings. The molecule has 1 fully saturated rings. The summed E-state index contributed by atoms with van der Waals surface area (Å²) in [4.78, 5) is 0. The summed E-state index contributed by atoms with van der Waals surface area (Å²) in [5.41, 5.74) is 6.67. The van der Waals surface area contributed by atoms with E-state index in [0.717, 1.165) is 30.4 Å². The van der Waals surface area contributed by atoms with E-state index in [2.05, 4.69) is 6.07 Å². The molecule has 0 heterocycles. The van der Waals surface area contributed by atoms with E-state index < -0.39 is 0 Å². The molecular formula is C19H20O3. The highest BCUT2D eigenvalue weighted by atomic mass is 16.3. The fourth-order valence-corrected chi connectivity index (χ4v) is 4.18. The zero-order valence-electron chi connectivity index (χ0n) is 12.4. The van der Waals surface area contributed by atoms with Gasteiger partial charge in [-0.2, -0.15) is 0 Å². The Bertz CT molecular complexity index is 736. The van der Waals surface area contributed by atoms with Crippen LogP contribution in [0, 0.1) is 0 Å². The lowest BCUT2D eigenvalue weighted by molar-refractivity contribution is 0.258. The minimum atomic E-state index is -0.0420. The van der Waals surface area contributed by atoms with Gasteiger partial charge in [-0.25, -0.2) is 0 Å². The summed E-state index contributed by atoms with van der Waals surface area (Å²) in [6, 6.07) is 9.73. The average molecular weight is 296 g/mol. The van der Waals surface area contributed by atoms with Crippen LogP contribution in [0.1, 0.15) is 58.1 Å². The minimum Gasteiger partial charge on any atom is -0.508 e. The van der Waals surface area contributed by atoms with Gasteiger partial charge in [0.05, 0.1) is 13.2 Å². The Morgan fingerprint density at radius 3 is 2.36 bits per heavy atom. The van der Waals surface area contributed by atoms with Gasteiger partial charge < -0.3 is 15.3 Å². The third kappa shape index (κ3) is 1.89. The van der Waals surface area contributed by atoms with Crippen LogP contribution in [0.15, 0.2) is 30.3 Å². The van der Waals surface area contributed by atoms with E-state index in [4.69, 9.17) is 0 Å². The van der Waals surface area contributed by atoms with E-state index in [1.165, 1.54) is 22.3 Å². The zero-order valence-corrected chi connectivity index (χ0v) is 12.4. The van der Waals surface area contributed by atoms with Gasteiger partial charge in [0.2, 0.25) is 0 Å². The average Bonchev–Trinajstić information content (AvgIpc) is 2.57. The van der Waals surface area contributed by atoms with Crippen LogP contribution in [0.4, 0.5) is 0 Å². The van der Waals surface area contributed by atoms with Gasteiger partial charge in [-0.1, -0.05) is 18.2 Å². The second-order valence-corrected chi connectivity index (χ2v) is 6.44. The standard InChI is InChI=1S/C19H20O3/c20-9-12-2-4-16-14-5-6-15(14)17-8-13(22)3-1-11(17)7-18(16)19(12)10-21/h1-4,8,14-15,20-22H,5-7,9-10H2. The Kier molecular flexibility index (Phi) is 3.21. The normalized spacial score (nSPS) is 22.1. The molecule has 3 nitrogen and oxygen atoms in total. The number of phenols is 1. The van der Waals surface area contributed by atoms with Crippen molar-refractivity contribution in [3.05, 3.63) is 63.7 Å². The molecule has 114 valence electrons. The van der Waals surface area contributed by atoms with Crippen LogP contribution in [-0.2, 0) is 19.6 Å². The van der Waals surface area contributed by atoms with Gasteiger partial charge in [-0.05, 0) is 76.6 Å². The number of hydrogen-bond acceptors (Lipinski definition) is 3. The number of aliphatic hydroxyl groups is 2. The molecule has 0 radical (unpaired) electrons. The molecule has 2 aliphatic carbocycles. The molecule has 0 saturated heterocycles. The van der Waals surface area contributed by atoms with E-state index in [0.29, 0.717) is 17.6 Å². The number of phenolic OH excluding ortho intramolecular Hbond substituents is 1. The van der Waals surface area contributed by atoms with Crippen LogP contribution in [0.3, 0.4) is 0 Å². The Morgan fingerprint density at radius 1 is 0.909 bits per heavy atom. The molecule has 1 saturated carbocycles. The summed E-state index contributed by atoms with van der Waals surface area (Å²) in [6.07, 6.45) is 3.06. The zero-order chi connectivity index (χ0) is 15.3. The van der Waals surface area contributed by atoms with E-state index in [9.17, 15) is 15.3 Å². The molecule has 2 atom stereocenters. The van der Waals surface area contributed by atoms with Crippen LogP contribution >= 0.6 is 0 Å². The van der Waals surface area contributed by atoms with Gasteiger partial charge in [-0.15, -0.1) is 0 Å². The summed E-state index contributed by atoms with van der Waals surface area (Å²) in [7, 11) is 0. The highest BCUT2D eigenvalue weighted by Crippen LogP contribution is 2.54. The van der Waals surface area contributed by atoms with Crippen molar-refractivity contribution >= 4 is 0 Å². The summed E-state index contributed by atoms with van der Waals surface area (Å²) < 4.78 is 0. The molecule has 2 aromatic carbocycles. The van der Waals surface area contributed by atoms with Crippen molar-refractivity contribution in [1.29, 1.82) is 0 Å². The Balaban J connectivity index is 1.93. The predicted molar refractivity (Wildman–Crippen MR) is 83.9 cm³/mol. The molecule has 4 rings (SSSR count). The fraction of sp³-hybridized carbons (Fsp3) is 0.368. The second-order valence-electron chi connectivity index (χ2n) is 6.44. The maximum Gasteiger partial charge on any atom is 0.115 e. The van der Waals surface area contributed by atoms with Crippen molar-refractivity contribution in [1.82, 2.24) is 0 Å².